The number of aromatic amines is 1. The first kappa shape index (κ1) is 16.6. The first-order valence-corrected chi connectivity index (χ1v) is 7.96. The van der Waals surface area contributed by atoms with Gasteiger partial charge in [0.05, 0.1) is 5.75 Å². The second kappa shape index (κ2) is 7.99. The van der Waals surface area contributed by atoms with Crippen molar-refractivity contribution in [1.29, 1.82) is 0 Å². The number of imide groups is 1. The number of rotatable bonds is 8. The molecule has 0 aliphatic heterocycles. The Bertz CT molecular complexity index is 580. The molecular formula is C12H19N5O4S. The summed E-state index contributed by atoms with van der Waals surface area (Å²) in [5, 5.41) is 11.5. The molecule has 0 bridgehead atoms. The number of amides is 3. The Morgan fingerprint density at radius 1 is 1.50 bits per heavy atom. The van der Waals surface area contributed by atoms with E-state index in [4.69, 9.17) is 4.74 Å². The Labute approximate surface area is 131 Å². The minimum atomic E-state index is -0.479. The number of nitrogens with zero attached hydrogens (tertiary/aromatic N) is 2. The molecule has 3 amide bonds. The summed E-state index contributed by atoms with van der Waals surface area (Å²) in [6, 6.07) is -0.287. The molecule has 1 aliphatic carbocycles. The minimum absolute atomic E-state index is 0.00660. The van der Waals surface area contributed by atoms with Gasteiger partial charge in [0, 0.05) is 26.3 Å². The van der Waals surface area contributed by atoms with E-state index in [-0.39, 0.29) is 17.5 Å². The summed E-state index contributed by atoms with van der Waals surface area (Å²) in [5.74, 6) is -0.422. The summed E-state index contributed by atoms with van der Waals surface area (Å²) in [6.07, 6.45) is 2.58. The molecule has 0 unspecified atom stereocenters. The lowest BCUT2D eigenvalue weighted by Gasteiger charge is -2.06. The zero-order valence-electron chi connectivity index (χ0n) is 12.3. The van der Waals surface area contributed by atoms with Crippen LogP contribution in [0.25, 0.3) is 0 Å². The van der Waals surface area contributed by atoms with Gasteiger partial charge in [-0.15, -0.1) is 5.10 Å². The average Bonchev–Trinajstić information content (AvgIpc) is 3.21. The number of carbonyl (C=O) groups excluding carboxylic acids is 2. The van der Waals surface area contributed by atoms with Gasteiger partial charge in [0.25, 0.3) is 0 Å². The lowest BCUT2D eigenvalue weighted by molar-refractivity contribution is -0.117. The third-order valence-electron chi connectivity index (χ3n) is 2.95. The first-order valence-electron chi connectivity index (χ1n) is 6.97. The maximum Gasteiger partial charge on any atom is 0.343 e. The van der Waals surface area contributed by atoms with Crippen LogP contribution >= 0.6 is 11.8 Å². The van der Waals surface area contributed by atoms with E-state index in [1.165, 1.54) is 4.57 Å². The van der Waals surface area contributed by atoms with Crippen molar-refractivity contribution < 1.29 is 14.3 Å². The van der Waals surface area contributed by atoms with Crippen LogP contribution in [0.4, 0.5) is 4.79 Å². The van der Waals surface area contributed by atoms with Crippen LogP contribution in [0.2, 0.25) is 0 Å². The van der Waals surface area contributed by atoms with Crippen molar-refractivity contribution in [3.63, 3.8) is 0 Å². The number of urea groups is 1. The number of methoxy groups -OCH3 is 1. The highest BCUT2D eigenvalue weighted by molar-refractivity contribution is 7.99. The standard InChI is InChI=1S/C12H19N5O4S/c1-21-6-2-5-17-11(20)15-16-12(17)22-7-9(18)14-10(19)13-8-3-4-8/h8H,2-7H2,1H3,(H,15,20)(H2,13,14,18,19). The summed E-state index contributed by atoms with van der Waals surface area (Å²) in [5.41, 5.74) is -0.328. The lowest BCUT2D eigenvalue weighted by atomic mass is 10.4. The molecule has 2 rings (SSSR count). The molecule has 0 atom stereocenters. The van der Waals surface area contributed by atoms with E-state index in [9.17, 15) is 14.4 Å². The van der Waals surface area contributed by atoms with Crippen LogP contribution in [0, 0.1) is 0 Å². The van der Waals surface area contributed by atoms with Gasteiger partial charge in [-0.1, -0.05) is 11.8 Å². The number of hydrogen-bond acceptors (Lipinski definition) is 6. The van der Waals surface area contributed by atoms with E-state index in [2.05, 4.69) is 20.8 Å². The van der Waals surface area contributed by atoms with Gasteiger partial charge < -0.3 is 10.1 Å². The number of nitrogens with one attached hydrogen (secondary N) is 3. The van der Waals surface area contributed by atoms with Crippen molar-refractivity contribution in [3.05, 3.63) is 10.5 Å². The van der Waals surface area contributed by atoms with Crippen LogP contribution in [0.1, 0.15) is 19.3 Å². The topological polar surface area (TPSA) is 118 Å². The number of carbonyl (C=O) groups is 2. The number of aromatic nitrogens is 3. The van der Waals surface area contributed by atoms with E-state index in [0.29, 0.717) is 24.7 Å². The monoisotopic (exact) mass is 329 g/mol. The summed E-state index contributed by atoms with van der Waals surface area (Å²) in [6.45, 7) is 0.985. The summed E-state index contributed by atoms with van der Waals surface area (Å²) in [7, 11) is 1.59. The molecule has 0 aromatic carbocycles. The zero-order valence-corrected chi connectivity index (χ0v) is 13.1. The maximum absolute atomic E-state index is 11.7. The quantitative estimate of drug-likeness (QED) is 0.445. The highest BCUT2D eigenvalue weighted by Gasteiger charge is 2.24. The van der Waals surface area contributed by atoms with E-state index in [1.807, 2.05) is 0 Å². The summed E-state index contributed by atoms with van der Waals surface area (Å²) < 4.78 is 6.38. The molecule has 1 saturated carbocycles. The van der Waals surface area contributed by atoms with Crippen molar-refractivity contribution in [3.8, 4) is 0 Å². The van der Waals surface area contributed by atoms with Crippen molar-refractivity contribution in [1.82, 2.24) is 25.4 Å². The van der Waals surface area contributed by atoms with Gasteiger partial charge in [0.1, 0.15) is 0 Å². The lowest BCUT2D eigenvalue weighted by Crippen LogP contribution is -2.41. The molecule has 1 aromatic rings. The Kier molecular flexibility index (Phi) is 6.01. The highest BCUT2D eigenvalue weighted by atomic mass is 32.2. The molecule has 1 aliphatic rings. The third-order valence-corrected chi connectivity index (χ3v) is 3.93. The number of thioether (sulfide) groups is 1. The molecule has 1 fully saturated rings. The second-order valence-electron chi connectivity index (χ2n) is 4.89. The Balaban J connectivity index is 1.78. The van der Waals surface area contributed by atoms with Crippen molar-refractivity contribution >= 4 is 23.7 Å². The third kappa shape index (κ3) is 5.19. The Morgan fingerprint density at radius 2 is 2.27 bits per heavy atom. The van der Waals surface area contributed by atoms with Gasteiger partial charge >= 0.3 is 11.7 Å². The largest absolute Gasteiger partial charge is 0.385 e. The van der Waals surface area contributed by atoms with Crippen LogP contribution in [0.3, 0.4) is 0 Å². The number of ether oxygens (including phenoxy) is 1. The van der Waals surface area contributed by atoms with E-state index < -0.39 is 11.9 Å². The van der Waals surface area contributed by atoms with E-state index >= 15 is 0 Å². The molecule has 122 valence electrons. The summed E-state index contributed by atoms with van der Waals surface area (Å²) in [4.78, 5) is 34.7. The van der Waals surface area contributed by atoms with Crippen molar-refractivity contribution in [2.45, 2.75) is 37.0 Å². The zero-order chi connectivity index (χ0) is 15.9. The molecule has 0 spiro atoms. The Morgan fingerprint density at radius 3 is 2.95 bits per heavy atom. The summed E-state index contributed by atoms with van der Waals surface area (Å²) >= 11 is 1.10. The number of hydrogen-bond donors (Lipinski definition) is 3. The van der Waals surface area contributed by atoms with Gasteiger partial charge in [-0.2, -0.15) is 0 Å². The fourth-order valence-corrected chi connectivity index (χ4v) is 2.49. The molecule has 0 saturated heterocycles. The maximum atomic E-state index is 11.7. The fraction of sp³-hybridized carbons (Fsp3) is 0.667. The molecule has 9 nitrogen and oxygen atoms in total. The van der Waals surface area contributed by atoms with Gasteiger partial charge in [0.15, 0.2) is 5.16 Å². The minimum Gasteiger partial charge on any atom is -0.385 e. The fourth-order valence-electron chi connectivity index (χ4n) is 1.72. The normalized spacial score (nSPS) is 13.9. The Hall–Kier alpha value is -1.81. The second-order valence-corrected chi connectivity index (χ2v) is 5.84. The molecular weight excluding hydrogens is 310 g/mol. The van der Waals surface area contributed by atoms with Crippen LogP contribution in [0.5, 0.6) is 0 Å². The van der Waals surface area contributed by atoms with Crippen molar-refractivity contribution in [2.24, 2.45) is 0 Å². The van der Waals surface area contributed by atoms with Crippen molar-refractivity contribution in [2.75, 3.05) is 19.5 Å². The number of H-pyrrole nitrogens is 1. The van der Waals surface area contributed by atoms with Gasteiger partial charge in [-0.25, -0.2) is 14.7 Å². The van der Waals surface area contributed by atoms with E-state index in [0.717, 1.165) is 24.6 Å². The molecule has 0 radical (unpaired) electrons. The first-order chi connectivity index (χ1) is 10.6. The van der Waals surface area contributed by atoms with Crippen LogP contribution in [-0.2, 0) is 16.1 Å². The van der Waals surface area contributed by atoms with Gasteiger partial charge in [-0.3, -0.25) is 14.7 Å². The average molecular weight is 329 g/mol. The predicted molar refractivity (Wildman–Crippen MR) is 79.8 cm³/mol. The molecule has 10 heteroatoms. The molecule has 3 N–H and O–H groups in total. The predicted octanol–water partition coefficient (Wildman–Crippen LogP) is -0.312. The van der Waals surface area contributed by atoms with Gasteiger partial charge in [-0.05, 0) is 19.3 Å². The van der Waals surface area contributed by atoms with Crippen LogP contribution in [-0.4, -0.2) is 52.2 Å². The SMILES string of the molecule is COCCCn1c(SCC(=O)NC(=O)NC2CC2)n[nH]c1=O. The molecule has 22 heavy (non-hydrogen) atoms. The van der Waals surface area contributed by atoms with Crippen LogP contribution < -0.4 is 16.3 Å². The molecule has 1 heterocycles. The van der Waals surface area contributed by atoms with Gasteiger partial charge in [0.2, 0.25) is 5.91 Å². The smallest absolute Gasteiger partial charge is 0.343 e. The van der Waals surface area contributed by atoms with Crippen LogP contribution in [0.15, 0.2) is 9.95 Å². The van der Waals surface area contributed by atoms with E-state index in [1.54, 1.807) is 7.11 Å². The molecule has 1 aromatic heterocycles. The highest BCUT2D eigenvalue weighted by Crippen LogP contribution is 2.18.